The fourth-order valence-electron chi connectivity index (χ4n) is 2.05. The van der Waals surface area contributed by atoms with Crippen molar-refractivity contribution in [2.75, 3.05) is 6.54 Å². The highest BCUT2D eigenvalue weighted by Crippen LogP contribution is 2.19. The summed E-state index contributed by atoms with van der Waals surface area (Å²) in [7, 11) is 0. The topological polar surface area (TPSA) is 12.0 Å². The summed E-state index contributed by atoms with van der Waals surface area (Å²) in [6.07, 6.45) is 3.84. The Morgan fingerprint density at radius 2 is 2.36 bits per heavy atom. The highest BCUT2D eigenvalue weighted by molar-refractivity contribution is 9.10. The van der Waals surface area contributed by atoms with Gasteiger partial charge in [0.2, 0.25) is 0 Å². The van der Waals surface area contributed by atoms with Crippen LogP contribution in [0.3, 0.4) is 0 Å². The molecule has 0 aliphatic carbocycles. The van der Waals surface area contributed by atoms with Crippen LogP contribution in [-0.4, -0.2) is 12.6 Å². The normalized spacial score (nSPS) is 21.4. The van der Waals surface area contributed by atoms with E-state index >= 15 is 0 Å². The zero-order valence-electron chi connectivity index (χ0n) is 8.52. The van der Waals surface area contributed by atoms with Crippen LogP contribution in [0.15, 0.2) is 22.7 Å². The molecule has 0 aromatic heterocycles. The lowest BCUT2D eigenvalue weighted by Gasteiger charge is -2.10. The molecule has 14 heavy (non-hydrogen) atoms. The van der Waals surface area contributed by atoms with Crippen LogP contribution in [-0.2, 0) is 6.42 Å². The second-order valence-electron chi connectivity index (χ2n) is 4.08. The number of benzene rings is 1. The lowest BCUT2D eigenvalue weighted by molar-refractivity contribution is 0.603. The van der Waals surface area contributed by atoms with Crippen LogP contribution < -0.4 is 5.32 Å². The first-order valence-corrected chi connectivity index (χ1v) is 6.03. The highest BCUT2D eigenvalue weighted by atomic mass is 79.9. The van der Waals surface area contributed by atoms with E-state index in [1.54, 1.807) is 0 Å². The first-order valence-electron chi connectivity index (χ1n) is 5.24. The fourth-order valence-corrected chi connectivity index (χ4v) is 2.30. The van der Waals surface area contributed by atoms with Crippen LogP contribution in [0.2, 0.25) is 0 Å². The van der Waals surface area contributed by atoms with Gasteiger partial charge >= 0.3 is 0 Å². The van der Waals surface area contributed by atoms with Crippen LogP contribution in [0.4, 0.5) is 0 Å². The van der Waals surface area contributed by atoms with Gasteiger partial charge in [-0.1, -0.05) is 28.1 Å². The summed E-state index contributed by atoms with van der Waals surface area (Å²) in [6, 6.07) is 7.36. The molecule has 0 bridgehead atoms. The SMILES string of the molecule is Cc1cc(CC2CCCN2)ccc1Br. The van der Waals surface area contributed by atoms with Gasteiger partial charge in [0, 0.05) is 10.5 Å². The van der Waals surface area contributed by atoms with Gasteiger partial charge in [0.1, 0.15) is 0 Å². The minimum atomic E-state index is 0.704. The largest absolute Gasteiger partial charge is 0.314 e. The van der Waals surface area contributed by atoms with E-state index < -0.39 is 0 Å². The molecule has 1 unspecified atom stereocenters. The molecular formula is C12H16BrN. The summed E-state index contributed by atoms with van der Waals surface area (Å²) < 4.78 is 1.21. The van der Waals surface area contributed by atoms with Gasteiger partial charge in [-0.2, -0.15) is 0 Å². The van der Waals surface area contributed by atoms with Crippen molar-refractivity contribution < 1.29 is 0 Å². The smallest absolute Gasteiger partial charge is 0.0204 e. The number of nitrogens with one attached hydrogen (secondary N) is 1. The maximum absolute atomic E-state index is 3.53. The molecule has 0 radical (unpaired) electrons. The van der Waals surface area contributed by atoms with E-state index in [1.165, 1.54) is 41.4 Å². The Bertz CT molecular complexity index is 316. The van der Waals surface area contributed by atoms with Crippen molar-refractivity contribution in [3.63, 3.8) is 0 Å². The van der Waals surface area contributed by atoms with Crippen molar-refractivity contribution >= 4 is 15.9 Å². The second kappa shape index (κ2) is 4.45. The van der Waals surface area contributed by atoms with Gasteiger partial charge in [-0.25, -0.2) is 0 Å². The number of hydrogen-bond acceptors (Lipinski definition) is 1. The Hall–Kier alpha value is -0.340. The van der Waals surface area contributed by atoms with E-state index in [0.717, 1.165) is 0 Å². The molecule has 76 valence electrons. The molecule has 1 saturated heterocycles. The van der Waals surface area contributed by atoms with Crippen LogP contribution in [0.5, 0.6) is 0 Å². The van der Waals surface area contributed by atoms with Crippen LogP contribution in [0.1, 0.15) is 24.0 Å². The van der Waals surface area contributed by atoms with Gasteiger partial charge in [-0.15, -0.1) is 0 Å². The summed E-state index contributed by atoms with van der Waals surface area (Å²) >= 11 is 3.53. The van der Waals surface area contributed by atoms with Gasteiger partial charge in [-0.05, 0) is 49.9 Å². The molecule has 1 N–H and O–H groups in total. The van der Waals surface area contributed by atoms with Gasteiger partial charge in [0.15, 0.2) is 0 Å². The summed E-state index contributed by atoms with van der Waals surface area (Å²) in [6.45, 7) is 3.34. The Balaban J connectivity index is 2.05. The van der Waals surface area contributed by atoms with E-state index in [-0.39, 0.29) is 0 Å². The molecule has 1 atom stereocenters. The van der Waals surface area contributed by atoms with Crippen molar-refractivity contribution in [3.8, 4) is 0 Å². The van der Waals surface area contributed by atoms with Gasteiger partial charge in [0.05, 0.1) is 0 Å². The van der Waals surface area contributed by atoms with Crippen LogP contribution >= 0.6 is 15.9 Å². The van der Waals surface area contributed by atoms with Crippen molar-refractivity contribution in [3.05, 3.63) is 33.8 Å². The maximum Gasteiger partial charge on any atom is 0.0204 e. The van der Waals surface area contributed by atoms with Crippen molar-refractivity contribution in [1.29, 1.82) is 0 Å². The minimum Gasteiger partial charge on any atom is -0.314 e. The lowest BCUT2D eigenvalue weighted by Crippen LogP contribution is -2.23. The van der Waals surface area contributed by atoms with Gasteiger partial charge < -0.3 is 5.32 Å². The van der Waals surface area contributed by atoms with Crippen molar-refractivity contribution in [2.45, 2.75) is 32.2 Å². The van der Waals surface area contributed by atoms with Crippen LogP contribution in [0, 0.1) is 6.92 Å². The Morgan fingerprint density at radius 1 is 1.50 bits per heavy atom. The predicted octanol–water partition coefficient (Wildman–Crippen LogP) is 3.05. The fraction of sp³-hybridized carbons (Fsp3) is 0.500. The summed E-state index contributed by atoms with van der Waals surface area (Å²) in [5.74, 6) is 0. The molecular weight excluding hydrogens is 238 g/mol. The number of rotatable bonds is 2. The van der Waals surface area contributed by atoms with Crippen molar-refractivity contribution in [1.82, 2.24) is 5.32 Å². The number of aryl methyl sites for hydroxylation is 1. The van der Waals surface area contributed by atoms with E-state index in [2.05, 4.69) is 46.4 Å². The average Bonchev–Trinajstić information content (AvgIpc) is 2.64. The average molecular weight is 254 g/mol. The summed E-state index contributed by atoms with van der Waals surface area (Å²) in [5, 5.41) is 3.53. The number of hydrogen-bond donors (Lipinski definition) is 1. The predicted molar refractivity (Wildman–Crippen MR) is 63.6 cm³/mol. The molecule has 1 heterocycles. The third-order valence-corrected chi connectivity index (χ3v) is 3.76. The molecule has 0 amide bonds. The Kier molecular flexibility index (Phi) is 3.24. The standard InChI is InChI=1S/C12H16BrN/c1-9-7-10(4-5-12(9)13)8-11-3-2-6-14-11/h4-5,7,11,14H,2-3,6,8H2,1H3. The Labute approximate surface area is 94.0 Å². The molecule has 1 aromatic carbocycles. The maximum atomic E-state index is 3.53. The monoisotopic (exact) mass is 253 g/mol. The Morgan fingerprint density at radius 3 is 3.00 bits per heavy atom. The van der Waals surface area contributed by atoms with E-state index in [9.17, 15) is 0 Å². The lowest BCUT2D eigenvalue weighted by atomic mass is 10.0. The van der Waals surface area contributed by atoms with E-state index in [0.29, 0.717) is 6.04 Å². The molecule has 0 saturated carbocycles. The van der Waals surface area contributed by atoms with E-state index in [4.69, 9.17) is 0 Å². The van der Waals surface area contributed by atoms with Crippen LogP contribution in [0.25, 0.3) is 0 Å². The van der Waals surface area contributed by atoms with E-state index in [1.807, 2.05) is 0 Å². The zero-order valence-corrected chi connectivity index (χ0v) is 10.1. The number of halogens is 1. The molecule has 1 aromatic rings. The zero-order chi connectivity index (χ0) is 9.97. The molecule has 1 aliphatic heterocycles. The highest BCUT2D eigenvalue weighted by Gasteiger charge is 2.14. The van der Waals surface area contributed by atoms with Gasteiger partial charge in [0.25, 0.3) is 0 Å². The van der Waals surface area contributed by atoms with Gasteiger partial charge in [-0.3, -0.25) is 0 Å². The first kappa shape index (κ1) is 10.2. The molecule has 0 spiro atoms. The minimum absolute atomic E-state index is 0.704. The molecule has 2 rings (SSSR count). The van der Waals surface area contributed by atoms with Crippen molar-refractivity contribution in [2.24, 2.45) is 0 Å². The summed E-state index contributed by atoms with van der Waals surface area (Å²) in [4.78, 5) is 0. The third kappa shape index (κ3) is 2.37. The second-order valence-corrected chi connectivity index (χ2v) is 4.94. The molecule has 2 heteroatoms. The summed E-state index contributed by atoms with van der Waals surface area (Å²) in [5.41, 5.74) is 2.78. The first-order chi connectivity index (χ1) is 6.75. The quantitative estimate of drug-likeness (QED) is 0.855. The molecule has 1 fully saturated rings. The molecule has 1 nitrogen and oxygen atoms in total. The molecule has 1 aliphatic rings. The third-order valence-electron chi connectivity index (χ3n) is 2.87.